The van der Waals surface area contributed by atoms with Crippen LogP contribution < -0.4 is 0 Å². The van der Waals surface area contributed by atoms with Crippen molar-refractivity contribution in [1.29, 1.82) is 0 Å². The summed E-state index contributed by atoms with van der Waals surface area (Å²) in [5.74, 6) is 0. The van der Waals surface area contributed by atoms with Crippen LogP contribution in [0.4, 0.5) is 0 Å². The number of hydrazone groups is 1. The Morgan fingerprint density at radius 2 is 1.72 bits per heavy atom. The van der Waals surface area contributed by atoms with Gasteiger partial charge in [0.05, 0.1) is 0 Å². The van der Waals surface area contributed by atoms with Crippen molar-refractivity contribution in [3.05, 3.63) is 35.9 Å². The lowest BCUT2D eigenvalue weighted by Crippen LogP contribution is -2.20. The standard InChI is InChI=1S/C16H24N2/c1-15(11-12-16-9-5-4-6-10-16)17-18-13-7-2-3-8-14-18/h4-6,9-10H,2-3,7-8,11-14H2,1H3/b17-15+. The number of nitrogens with zero attached hydrogens (tertiary/aromatic N) is 2. The highest BCUT2D eigenvalue weighted by Crippen LogP contribution is 2.11. The smallest absolute Gasteiger partial charge is 0.0360 e. The predicted molar refractivity (Wildman–Crippen MR) is 77.9 cm³/mol. The minimum Gasteiger partial charge on any atom is -0.297 e. The van der Waals surface area contributed by atoms with E-state index in [4.69, 9.17) is 5.10 Å². The second-order valence-electron chi connectivity index (χ2n) is 5.19. The molecule has 2 rings (SSSR count). The molecular formula is C16H24N2. The first-order chi connectivity index (χ1) is 8.84. The largest absolute Gasteiger partial charge is 0.297 e. The van der Waals surface area contributed by atoms with Crippen LogP contribution in [0.15, 0.2) is 35.4 Å². The summed E-state index contributed by atoms with van der Waals surface area (Å²) < 4.78 is 0. The van der Waals surface area contributed by atoms with Crippen molar-refractivity contribution in [3.63, 3.8) is 0 Å². The van der Waals surface area contributed by atoms with Crippen LogP contribution in [0.2, 0.25) is 0 Å². The molecule has 0 N–H and O–H groups in total. The molecule has 98 valence electrons. The Kier molecular flexibility index (Phi) is 5.25. The topological polar surface area (TPSA) is 15.6 Å². The third kappa shape index (κ3) is 4.52. The molecule has 2 nitrogen and oxygen atoms in total. The van der Waals surface area contributed by atoms with Crippen molar-refractivity contribution >= 4 is 5.71 Å². The molecule has 1 heterocycles. The summed E-state index contributed by atoms with van der Waals surface area (Å²) in [7, 11) is 0. The average molecular weight is 244 g/mol. The number of hydrogen-bond donors (Lipinski definition) is 0. The molecule has 1 aromatic carbocycles. The Bertz CT molecular complexity index is 362. The van der Waals surface area contributed by atoms with Crippen molar-refractivity contribution in [2.24, 2.45) is 5.10 Å². The van der Waals surface area contributed by atoms with Gasteiger partial charge in [-0.1, -0.05) is 43.2 Å². The minimum absolute atomic E-state index is 1.07. The Morgan fingerprint density at radius 1 is 1.06 bits per heavy atom. The first kappa shape index (κ1) is 13.1. The molecular weight excluding hydrogens is 220 g/mol. The summed E-state index contributed by atoms with van der Waals surface area (Å²) in [6.07, 6.45) is 7.51. The number of aryl methyl sites for hydroxylation is 1. The van der Waals surface area contributed by atoms with E-state index in [1.54, 1.807) is 0 Å². The summed E-state index contributed by atoms with van der Waals surface area (Å²) in [5.41, 5.74) is 2.67. The van der Waals surface area contributed by atoms with E-state index in [1.807, 2.05) is 0 Å². The van der Waals surface area contributed by atoms with Crippen LogP contribution in [0.25, 0.3) is 0 Å². The van der Waals surface area contributed by atoms with Crippen molar-refractivity contribution < 1.29 is 0 Å². The molecule has 0 aliphatic carbocycles. The number of benzene rings is 1. The minimum atomic E-state index is 1.07. The van der Waals surface area contributed by atoms with E-state index in [0.717, 1.165) is 25.9 Å². The van der Waals surface area contributed by atoms with Crippen LogP contribution in [0, 0.1) is 0 Å². The lowest BCUT2D eigenvalue weighted by molar-refractivity contribution is 0.300. The van der Waals surface area contributed by atoms with E-state index in [2.05, 4.69) is 42.3 Å². The van der Waals surface area contributed by atoms with Gasteiger partial charge in [-0.2, -0.15) is 5.10 Å². The highest BCUT2D eigenvalue weighted by molar-refractivity contribution is 5.81. The molecule has 0 bridgehead atoms. The summed E-state index contributed by atoms with van der Waals surface area (Å²) in [4.78, 5) is 0. The third-order valence-electron chi connectivity index (χ3n) is 3.51. The Balaban J connectivity index is 1.81. The fourth-order valence-corrected chi connectivity index (χ4v) is 2.42. The molecule has 1 saturated heterocycles. The van der Waals surface area contributed by atoms with Crippen LogP contribution in [-0.2, 0) is 6.42 Å². The summed E-state index contributed by atoms with van der Waals surface area (Å²) in [6.45, 7) is 4.44. The zero-order chi connectivity index (χ0) is 12.6. The van der Waals surface area contributed by atoms with Crippen LogP contribution >= 0.6 is 0 Å². The SMILES string of the molecule is C/C(CCc1ccccc1)=N\N1CCCCCC1. The fourth-order valence-electron chi connectivity index (χ4n) is 2.42. The lowest BCUT2D eigenvalue weighted by Gasteiger charge is -2.17. The lowest BCUT2D eigenvalue weighted by atomic mass is 10.1. The van der Waals surface area contributed by atoms with Gasteiger partial charge in [0.1, 0.15) is 0 Å². The van der Waals surface area contributed by atoms with Gasteiger partial charge < -0.3 is 0 Å². The maximum Gasteiger partial charge on any atom is 0.0360 e. The second kappa shape index (κ2) is 7.20. The van der Waals surface area contributed by atoms with Crippen molar-refractivity contribution in [2.45, 2.75) is 45.4 Å². The van der Waals surface area contributed by atoms with Crippen LogP contribution in [0.3, 0.4) is 0 Å². The number of rotatable bonds is 4. The molecule has 0 atom stereocenters. The summed E-state index contributed by atoms with van der Waals surface area (Å²) >= 11 is 0. The van der Waals surface area contributed by atoms with E-state index < -0.39 is 0 Å². The Morgan fingerprint density at radius 3 is 2.39 bits per heavy atom. The molecule has 0 saturated carbocycles. The summed E-state index contributed by atoms with van der Waals surface area (Å²) in [6, 6.07) is 10.7. The monoisotopic (exact) mass is 244 g/mol. The molecule has 0 unspecified atom stereocenters. The van der Waals surface area contributed by atoms with E-state index >= 15 is 0 Å². The molecule has 0 aromatic heterocycles. The molecule has 1 aliphatic rings. The van der Waals surface area contributed by atoms with Crippen molar-refractivity contribution in [2.75, 3.05) is 13.1 Å². The van der Waals surface area contributed by atoms with Gasteiger partial charge in [0, 0.05) is 18.8 Å². The van der Waals surface area contributed by atoms with Gasteiger partial charge in [-0.3, -0.25) is 5.01 Å². The van der Waals surface area contributed by atoms with Gasteiger partial charge in [-0.05, 0) is 38.2 Å². The van der Waals surface area contributed by atoms with Crippen molar-refractivity contribution in [1.82, 2.24) is 5.01 Å². The van der Waals surface area contributed by atoms with Gasteiger partial charge in [0.15, 0.2) is 0 Å². The Labute approximate surface area is 111 Å². The van der Waals surface area contributed by atoms with Crippen LogP contribution in [0.5, 0.6) is 0 Å². The van der Waals surface area contributed by atoms with Crippen LogP contribution in [0.1, 0.15) is 44.6 Å². The normalized spacial score (nSPS) is 17.6. The number of hydrogen-bond acceptors (Lipinski definition) is 2. The molecule has 18 heavy (non-hydrogen) atoms. The molecule has 2 heteroatoms. The quantitative estimate of drug-likeness (QED) is 0.734. The first-order valence-corrected chi connectivity index (χ1v) is 7.17. The molecule has 1 fully saturated rings. The maximum atomic E-state index is 4.76. The Hall–Kier alpha value is -1.31. The first-order valence-electron chi connectivity index (χ1n) is 7.17. The van der Waals surface area contributed by atoms with Crippen molar-refractivity contribution in [3.8, 4) is 0 Å². The van der Waals surface area contributed by atoms with Gasteiger partial charge >= 0.3 is 0 Å². The van der Waals surface area contributed by atoms with Crippen LogP contribution in [-0.4, -0.2) is 23.8 Å². The molecule has 0 amide bonds. The van der Waals surface area contributed by atoms with Gasteiger partial charge in [0.25, 0.3) is 0 Å². The van der Waals surface area contributed by atoms with Gasteiger partial charge in [0.2, 0.25) is 0 Å². The zero-order valence-corrected chi connectivity index (χ0v) is 11.4. The maximum absolute atomic E-state index is 4.76. The highest BCUT2D eigenvalue weighted by Gasteiger charge is 2.06. The predicted octanol–water partition coefficient (Wildman–Crippen LogP) is 3.87. The van der Waals surface area contributed by atoms with E-state index in [-0.39, 0.29) is 0 Å². The zero-order valence-electron chi connectivity index (χ0n) is 11.4. The van der Waals surface area contributed by atoms with Gasteiger partial charge in [-0.25, -0.2) is 0 Å². The fraction of sp³-hybridized carbons (Fsp3) is 0.562. The van der Waals surface area contributed by atoms with E-state index in [1.165, 1.54) is 37.0 Å². The second-order valence-corrected chi connectivity index (χ2v) is 5.19. The summed E-state index contributed by atoms with van der Waals surface area (Å²) in [5, 5.41) is 7.03. The van der Waals surface area contributed by atoms with E-state index in [0.29, 0.717) is 0 Å². The van der Waals surface area contributed by atoms with Gasteiger partial charge in [-0.15, -0.1) is 0 Å². The molecule has 0 radical (unpaired) electrons. The molecule has 1 aliphatic heterocycles. The molecule has 0 spiro atoms. The average Bonchev–Trinajstić information content (AvgIpc) is 2.66. The van der Waals surface area contributed by atoms with E-state index in [9.17, 15) is 0 Å². The molecule has 1 aromatic rings. The third-order valence-corrected chi connectivity index (χ3v) is 3.51. The highest BCUT2D eigenvalue weighted by atomic mass is 15.4.